The van der Waals surface area contributed by atoms with Gasteiger partial charge in [0.15, 0.2) is 0 Å². The highest BCUT2D eigenvalue weighted by atomic mass is 35.5. The van der Waals surface area contributed by atoms with Crippen molar-refractivity contribution in [3.8, 4) is 5.75 Å². The third kappa shape index (κ3) is 3.34. The molecule has 27 heavy (non-hydrogen) atoms. The molecule has 5 nitrogen and oxygen atoms in total. The van der Waals surface area contributed by atoms with Gasteiger partial charge >= 0.3 is 0 Å². The van der Waals surface area contributed by atoms with Crippen molar-refractivity contribution in [1.82, 2.24) is 9.88 Å². The van der Waals surface area contributed by atoms with Gasteiger partial charge in [-0.05, 0) is 24.1 Å². The van der Waals surface area contributed by atoms with Crippen LogP contribution in [0.3, 0.4) is 0 Å². The number of fused-ring (bicyclic) bond motifs is 1. The lowest BCUT2D eigenvalue weighted by molar-refractivity contribution is 0.0683. The van der Waals surface area contributed by atoms with Crippen LogP contribution < -0.4 is 5.32 Å². The summed E-state index contributed by atoms with van der Waals surface area (Å²) >= 11 is 6.20. The van der Waals surface area contributed by atoms with E-state index in [2.05, 4.69) is 10.3 Å². The molecule has 1 amide bonds. The van der Waals surface area contributed by atoms with Crippen molar-refractivity contribution < 1.29 is 9.90 Å². The van der Waals surface area contributed by atoms with Gasteiger partial charge in [0.1, 0.15) is 22.6 Å². The second-order valence-corrected chi connectivity index (χ2v) is 6.72. The number of benzene rings is 2. The molecule has 4 rings (SSSR count). The maximum absolute atomic E-state index is 13.2. The molecular weight excluding hydrogens is 362 g/mol. The van der Waals surface area contributed by atoms with Crippen LogP contribution in [0.25, 0.3) is 0 Å². The Balaban J connectivity index is 1.72. The van der Waals surface area contributed by atoms with E-state index < -0.39 is 6.17 Å². The normalized spacial score (nSPS) is 16.0. The van der Waals surface area contributed by atoms with Crippen molar-refractivity contribution in [1.29, 1.82) is 0 Å². The van der Waals surface area contributed by atoms with Gasteiger partial charge in [0.05, 0.1) is 5.69 Å². The van der Waals surface area contributed by atoms with Gasteiger partial charge in [0.2, 0.25) is 0 Å². The van der Waals surface area contributed by atoms with Crippen molar-refractivity contribution in [3.63, 3.8) is 0 Å². The van der Waals surface area contributed by atoms with Crippen LogP contribution in [0.15, 0.2) is 66.9 Å². The Morgan fingerprint density at radius 3 is 2.59 bits per heavy atom. The number of anilines is 1. The first-order valence-electron chi connectivity index (χ1n) is 8.69. The van der Waals surface area contributed by atoms with Crippen LogP contribution in [0.1, 0.15) is 27.7 Å². The van der Waals surface area contributed by atoms with E-state index in [0.717, 1.165) is 5.56 Å². The number of nitrogens with one attached hydrogen (secondary N) is 1. The lowest BCUT2D eigenvalue weighted by Crippen LogP contribution is -2.44. The Kier molecular flexibility index (Phi) is 4.69. The first-order chi connectivity index (χ1) is 13.1. The molecule has 0 radical (unpaired) electrons. The number of halogens is 1. The summed E-state index contributed by atoms with van der Waals surface area (Å²) in [5.41, 5.74) is 2.74. The number of aromatic nitrogens is 1. The molecule has 2 heterocycles. The molecule has 0 saturated carbocycles. The van der Waals surface area contributed by atoms with E-state index in [1.807, 2.05) is 42.5 Å². The molecule has 1 atom stereocenters. The molecular formula is C21H18ClN3O2. The Hall–Kier alpha value is -3.05. The summed E-state index contributed by atoms with van der Waals surface area (Å²) in [7, 11) is 0. The minimum absolute atomic E-state index is 0.135. The summed E-state index contributed by atoms with van der Waals surface area (Å²) < 4.78 is 0. The van der Waals surface area contributed by atoms with Gasteiger partial charge in [-0.15, -0.1) is 0 Å². The molecule has 6 heteroatoms. The summed E-state index contributed by atoms with van der Waals surface area (Å²) in [6, 6.07) is 18.7. The lowest BCUT2D eigenvalue weighted by atomic mass is 10.0. The fourth-order valence-electron chi connectivity index (χ4n) is 3.34. The van der Waals surface area contributed by atoms with Crippen molar-refractivity contribution in [2.75, 3.05) is 11.9 Å². The van der Waals surface area contributed by atoms with Crippen LogP contribution in [-0.2, 0) is 6.42 Å². The largest absolute Gasteiger partial charge is 0.508 e. The zero-order valence-corrected chi connectivity index (χ0v) is 15.2. The number of pyridine rings is 1. The highest BCUT2D eigenvalue weighted by Gasteiger charge is 2.35. The highest BCUT2D eigenvalue weighted by Crippen LogP contribution is 2.38. The molecule has 1 unspecified atom stereocenters. The topological polar surface area (TPSA) is 65.5 Å². The maximum Gasteiger partial charge on any atom is 0.261 e. The molecule has 0 saturated heterocycles. The van der Waals surface area contributed by atoms with Gasteiger partial charge in [0, 0.05) is 18.3 Å². The minimum Gasteiger partial charge on any atom is -0.508 e. The summed E-state index contributed by atoms with van der Waals surface area (Å²) in [4.78, 5) is 19.0. The number of carbonyl (C=O) groups excluding carboxylic acids is 1. The predicted molar refractivity (Wildman–Crippen MR) is 105 cm³/mol. The molecule has 1 aliphatic heterocycles. The van der Waals surface area contributed by atoms with E-state index in [-0.39, 0.29) is 16.8 Å². The number of carbonyl (C=O) groups is 1. The predicted octanol–water partition coefficient (Wildman–Crippen LogP) is 4.25. The van der Waals surface area contributed by atoms with Gasteiger partial charge in [-0.2, -0.15) is 0 Å². The second-order valence-electron chi connectivity index (χ2n) is 6.36. The minimum atomic E-state index is -0.492. The van der Waals surface area contributed by atoms with Gasteiger partial charge in [-0.3, -0.25) is 4.79 Å². The molecule has 136 valence electrons. The van der Waals surface area contributed by atoms with E-state index >= 15 is 0 Å². The molecule has 1 aromatic heterocycles. The third-order valence-corrected chi connectivity index (χ3v) is 4.99. The average molecular weight is 380 g/mol. The first kappa shape index (κ1) is 17.4. The van der Waals surface area contributed by atoms with Gasteiger partial charge < -0.3 is 15.3 Å². The molecule has 2 N–H and O–H groups in total. The molecule has 0 aliphatic carbocycles. The smallest absolute Gasteiger partial charge is 0.261 e. The van der Waals surface area contributed by atoms with Gasteiger partial charge in [0.25, 0.3) is 5.91 Å². The number of para-hydroxylation sites is 1. The molecule has 2 aromatic carbocycles. The molecule has 0 fully saturated rings. The zero-order valence-electron chi connectivity index (χ0n) is 14.5. The number of hydrogen-bond acceptors (Lipinski definition) is 4. The van der Waals surface area contributed by atoms with E-state index in [9.17, 15) is 9.90 Å². The van der Waals surface area contributed by atoms with Crippen LogP contribution in [0.4, 0.5) is 5.69 Å². The Morgan fingerprint density at radius 2 is 1.81 bits per heavy atom. The standard InChI is InChI=1S/C21H18ClN3O2/c22-19-18-16(10-12-23-19)24-20(15-8-4-5-9-17(15)26)25(21(18)27)13-11-14-6-2-1-3-7-14/h1-10,12,20,24,26H,11,13H2. The quantitative estimate of drug-likeness (QED) is 0.665. The van der Waals surface area contributed by atoms with Crippen LogP contribution in [-0.4, -0.2) is 27.4 Å². The first-order valence-corrected chi connectivity index (χ1v) is 9.07. The van der Waals surface area contributed by atoms with Crippen LogP contribution >= 0.6 is 11.6 Å². The average Bonchev–Trinajstić information content (AvgIpc) is 2.68. The number of hydrogen-bond donors (Lipinski definition) is 2. The Labute approximate surface area is 162 Å². The molecule has 1 aliphatic rings. The third-order valence-electron chi connectivity index (χ3n) is 4.70. The lowest BCUT2D eigenvalue weighted by Gasteiger charge is -2.38. The number of phenols is 1. The van der Waals surface area contributed by atoms with E-state index in [4.69, 9.17) is 11.6 Å². The van der Waals surface area contributed by atoms with Crippen molar-refractivity contribution in [3.05, 3.63) is 88.7 Å². The van der Waals surface area contributed by atoms with E-state index in [0.29, 0.717) is 29.8 Å². The summed E-state index contributed by atoms with van der Waals surface area (Å²) in [6.45, 7) is 0.472. The summed E-state index contributed by atoms with van der Waals surface area (Å²) in [6.07, 6.45) is 1.75. The number of nitrogens with zero attached hydrogens (tertiary/aromatic N) is 2. The van der Waals surface area contributed by atoms with Crippen LogP contribution in [0, 0.1) is 0 Å². The van der Waals surface area contributed by atoms with Gasteiger partial charge in [-0.25, -0.2) is 4.98 Å². The second kappa shape index (κ2) is 7.29. The van der Waals surface area contributed by atoms with Crippen molar-refractivity contribution in [2.45, 2.75) is 12.6 Å². The van der Waals surface area contributed by atoms with Crippen molar-refractivity contribution in [2.24, 2.45) is 0 Å². The van der Waals surface area contributed by atoms with E-state index in [1.165, 1.54) is 0 Å². The van der Waals surface area contributed by atoms with Crippen LogP contribution in [0.5, 0.6) is 5.75 Å². The Morgan fingerprint density at radius 1 is 1.07 bits per heavy atom. The summed E-state index contributed by atoms with van der Waals surface area (Å²) in [5, 5.41) is 13.8. The number of phenolic OH excluding ortho intramolecular Hbond substituents is 1. The molecule has 3 aromatic rings. The SMILES string of the molecule is O=C1c2c(ccnc2Cl)NC(c2ccccc2O)N1CCc1ccccc1. The van der Waals surface area contributed by atoms with Gasteiger partial charge in [-0.1, -0.05) is 60.1 Å². The maximum atomic E-state index is 13.2. The monoisotopic (exact) mass is 379 g/mol. The number of rotatable bonds is 4. The van der Waals surface area contributed by atoms with Crippen LogP contribution in [0.2, 0.25) is 5.15 Å². The van der Waals surface area contributed by atoms with E-state index in [1.54, 1.807) is 29.3 Å². The zero-order chi connectivity index (χ0) is 18.8. The molecule has 0 spiro atoms. The Bertz CT molecular complexity index is 978. The fraction of sp³-hybridized carbons (Fsp3) is 0.143. The summed E-state index contributed by atoms with van der Waals surface area (Å²) in [5.74, 6) is -0.0675. The highest BCUT2D eigenvalue weighted by molar-refractivity contribution is 6.33. The van der Waals surface area contributed by atoms with Crippen molar-refractivity contribution >= 4 is 23.2 Å². The fourth-order valence-corrected chi connectivity index (χ4v) is 3.57. The number of aromatic hydroxyl groups is 1. The number of amides is 1. The molecule has 0 bridgehead atoms.